The second-order valence-electron chi connectivity index (χ2n) is 3.19. The topological polar surface area (TPSA) is 80.6 Å². The van der Waals surface area contributed by atoms with Crippen molar-refractivity contribution < 1.29 is 0 Å². The van der Waals surface area contributed by atoms with E-state index in [-0.39, 0.29) is 16.7 Å². The Bertz CT molecular complexity index is 647. The monoisotopic (exact) mass is 272 g/mol. The smallest absolute Gasteiger partial charge is 0.293 e. The van der Waals surface area contributed by atoms with Crippen LogP contribution in [-0.4, -0.2) is 19.5 Å². The molecule has 1 N–H and O–H groups in total. The molecule has 88 valence electrons. The minimum atomic E-state index is -0.616. The molecule has 0 saturated heterocycles. The number of rotatable bonds is 2. The molecule has 0 aromatic carbocycles. The van der Waals surface area contributed by atoms with Gasteiger partial charge in [0.15, 0.2) is 0 Å². The molecule has 0 spiro atoms. The number of hydrogen-bond donors (Lipinski definition) is 1. The first-order valence-electron chi connectivity index (χ1n) is 4.52. The first-order valence-corrected chi connectivity index (χ1v) is 5.27. The highest BCUT2D eigenvalue weighted by Crippen LogP contribution is 2.03. The highest BCUT2D eigenvalue weighted by molar-refractivity contribution is 6.30. The SMILES string of the molecule is O=c1[nH]c(=O)n(Cc2cnc(Cl)cn2)cc1Cl. The van der Waals surface area contributed by atoms with Gasteiger partial charge in [0.05, 0.1) is 24.6 Å². The minimum Gasteiger partial charge on any atom is -0.293 e. The fourth-order valence-corrected chi connectivity index (χ4v) is 1.46. The van der Waals surface area contributed by atoms with Gasteiger partial charge in [-0.1, -0.05) is 23.2 Å². The van der Waals surface area contributed by atoms with Crippen LogP contribution in [0.2, 0.25) is 10.2 Å². The van der Waals surface area contributed by atoms with Crippen molar-refractivity contribution in [2.75, 3.05) is 0 Å². The first-order chi connectivity index (χ1) is 8.06. The summed E-state index contributed by atoms with van der Waals surface area (Å²) in [7, 11) is 0. The van der Waals surface area contributed by atoms with Crippen LogP contribution in [0.3, 0.4) is 0 Å². The number of halogens is 2. The average molecular weight is 273 g/mol. The van der Waals surface area contributed by atoms with Crippen molar-refractivity contribution in [2.45, 2.75) is 6.54 Å². The molecule has 0 amide bonds. The summed E-state index contributed by atoms with van der Waals surface area (Å²) in [5.74, 6) is 0. The molecule has 2 heterocycles. The van der Waals surface area contributed by atoms with E-state index in [1.165, 1.54) is 23.2 Å². The summed E-state index contributed by atoms with van der Waals surface area (Å²) in [4.78, 5) is 32.4. The Labute approximate surface area is 105 Å². The van der Waals surface area contributed by atoms with Gasteiger partial charge >= 0.3 is 5.69 Å². The Kier molecular flexibility index (Phi) is 3.26. The van der Waals surface area contributed by atoms with Crippen molar-refractivity contribution in [1.82, 2.24) is 19.5 Å². The van der Waals surface area contributed by atoms with E-state index in [1.807, 2.05) is 0 Å². The van der Waals surface area contributed by atoms with Crippen molar-refractivity contribution in [3.05, 3.63) is 55.3 Å². The molecule has 8 heteroatoms. The zero-order chi connectivity index (χ0) is 12.4. The maximum absolute atomic E-state index is 11.4. The third-order valence-corrected chi connectivity index (χ3v) is 2.44. The Morgan fingerprint density at radius 2 is 2.00 bits per heavy atom. The number of aromatic amines is 1. The molecule has 2 rings (SSSR count). The number of H-pyrrole nitrogens is 1. The first kappa shape index (κ1) is 11.8. The fourth-order valence-electron chi connectivity index (χ4n) is 1.20. The Morgan fingerprint density at radius 3 is 2.65 bits per heavy atom. The lowest BCUT2D eigenvalue weighted by Crippen LogP contribution is -2.30. The zero-order valence-corrected chi connectivity index (χ0v) is 9.87. The van der Waals surface area contributed by atoms with Crippen LogP contribution < -0.4 is 11.2 Å². The maximum Gasteiger partial charge on any atom is 0.328 e. The molecular formula is C9H6Cl2N4O2. The van der Waals surface area contributed by atoms with Crippen LogP contribution in [0.4, 0.5) is 0 Å². The Morgan fingerprint density at radius 1 is 1.24 bits per heavy atom. The summed E-state index contributed by atoms with van der Waals surface area (Å²) in [6.45, 7) is 0.152. The van der Waals surface area contributed by atoms with E-state index in [4.69, 9.17) is 23.2 Å². The van der Waals surface area contributed by atoms with Crippen LogP contribution in [-0.2, 0) is 6.54 Å². The van der Waals surface area contributed by atoms with Crippen LogP contribution in [0.25, 0.3) is 0 Å². The van der Waals surface area contributed by atoms with Crippen LogP contribution in [0.15, 0.2) is 28.2 Å². The predicted octanol–water partition coefficient (Wildman–Crippen LogP) is 0.682. The molecule has 0 unspecified atom stereocenters. The van der Waals surface area contributed by atoms with Crippen molar-refractivity contribution in [3.63, 3.8) is 0 Å². The second kappa shape index (κ2) is 4.68. The summed E-state index contributed by atoms with van der Waals surface area (Å²) in [5, 5.41) is 0.201. The fraction of sp³-hybridized carbons (Fsp3) is 0.111. The van der Waals surface area contributed by atoms with E-state index in [9.17, 15) is 9.59 Å². The van der Waals surface area contributed by atoms with Gasteiger partial charge < -0.3 is 0 Å². The molecule has 0 aliphatic carbocycles. The predicted molar refractivity (Wildman–Crippen MR) is 62.5 cm³/mol. The lowest BCUT2D eigenvalue weighted by Gasteiger charge is -2.04. The Hall–Kier alpha value is -1.66. The van der Waals surface area contributed by atoms with E-state index < -0.39 is 11.2 Å². The molecule has 0 atom stereocenters. The average Bonchev–Trinajstić information content (AvgIpc) is 2.29. The van der Waals surface area contributed by atoms with Crippen LogP contribution in [0.5, 0.6) is 0 Å². The summed E-state index contributed by atoms with van der Waals surface area (Å²) >= 11 is 11.2. The number of hydrogen-bond acceptors (Lipinski definition) is 4. The van der Waals surface area contributed by atoms with Gasteiger partial charge in [-0.3, -0.25) is 19.3 Å². The summed E-state index contributed by atoms with van der Waals surface area (Å²) in [5.41, 5.74) is -0.647. The van der Waals surface area contributed by atoms with Crippen LogP contribution in [0.1, 0.15) is 5.69 Å². The molecule has 0 aliphatic rings. The molecule has 17 heavy (non-hydrogen) atoms. The minimum absolute atomic E-state index is 0.0634. The van der Waals surface area contributed by atoms with Gasteiger partial charge in [-0.15, -0.1) is 0 Å². The van der Waals surface area contributed by atoms with Crippen molar-refractivity contribution in [3.8, 4) is 0 Å². The highest BCUT2D eigenvalue weighted by Gasteiger charge is 2.04. The largest absolute Gasteiger partial charge is 0.328 e. The van der Waals surface area contributed by atoms with Crippen LogP contribution >= 0.6 is 23.2 Å². The molecule has 0 aliphatic heterocycles. The summed E-state index contributed by atoms with van der Waals surface area (Å²) in [6.07, 6.45) is 4.06. The lowest BCUT2D eigenvalue weighted by atomic mass is 10.4. The van der Waals surface area contributed by atoms with Crippen molar-refractivity contribution in [1.29, 1.82) is 0 Å². The van der Waals surface area contributed by atoms with E-state index in [1.54, 1.807) is 0 Å². The molecule has 2 aromatic rings. The number of aromatic nitrogens is 4. The van der Waals surface area contributed by atoms with Crippen LogP contribution in [0, 0.1) is 0 Å². The van der Waals surface area contributed by atoms with Gasteiger partial charge in [0, 0.05) is 6.20 Å². The van der Waals surface area contributed by atoms with Gasteiger partial charge in [0.25, 0.3) is 5.56 Å². The van der Waals surface area contributed by atoms with Gasteiger partial charge in [0.2, 0.25) is 0 Å². The van der Waals surface area contributed by atoms with E-state index in [0.29, 0.717) is 5.69 Å². The summed E-state index contributed by atoms with van der Waals surface area (Å²) in [6, 6.07) is 0. The maximum atomic E-state index is 11.4. The molecule has 0 saturated carbocycles. The third-order valence-electron chi connectivity index (χ3n) is 1.97. The van der Waals surface area contributed by atoms with Crippen molar-refractivity contribution >= 4 is 23.2 Å². The quantitative estimate of drug-likeness (QED) is 0.872. The van der Waals surface area contributed by atoms with Gasteiger partial charge in [-0.05, 0) is 0 Å². The van der Waals surface area contributed by atoms with E-state index >= 15 is 0 Å². The molecule has 0 fully saturated rings. The zero-order valence-electron chi connectivity index (χ0n) is 8.35. The molecule has 0 bridgehead atoms. The standard InChI is InChI=1S/C9H6Cl2N4O2/c10-6-4-15(9(17)14-8(6)16)3-5-1-13-7(11)2-12-5/h1-2,4H,3H2,(H,14,16,17). The molecule has 2 aromatic heterocycles. The number of nitrogens with one attached hydrogen (secondary N) is 1. The highest BCUT2D eigenvalue weighted by atomic mass is 35.5. The van der Waals surface area contributed by atoms with Crippen molar-refractivity contribution in [2.24, 2.45) is 0 Å². The van der Waals surface area contributed by atoms with Gasteiger partial charge in [-0.2, -0.15) is 0 Å². The van der Waals surface area contributed by atoms with E-state index in [2.05, 4.69) is 15.0 Å². The van der Waals surface area contributed by atoms with Gasteiger partial charge in [0.1, 0.15) is 10.2 Å². The van der Waals surface area contributed by atoms with Gasteiger partial charge in [-0.25, -0.2) is 9.78 Å². The van der Waals surface area contributed by atoms with E-state index in [0.717, 1.165) is 0 Å². The number of nitrogens with zero attached hydrogens (tertiary/aromatic N) is 3. The molecular weight excluding hydrogens is 267 g/mol. The Balaban J connectivity index is 2.36. The molecule has 6 nitrogen and oxygen atoms in total. The molecule has 0 radical (unpaired) electrons. The summed E-state index contributed by atoms with van der Waals surface area (Å²) < 4.78 is 1.22. The normalized spacial score (nSPS) is 10.5. The lowest BCUT2D eigenvalue weighted by molar-refractivity contribution is 0.702. The second-order valence-corrected chi connectivity index (χ2v) is 3.99. The third kappa shape index (κ3) is 2.72.